The molecule has 2 fully saturated rings. The van der Waals surface area contributed by atoms with Crippen molar-refractivity contribution in [1.29, 1.82) is 0 Å². The number of amides is 1. The Morgan fingerprint density at radius 1 is 1.29 bits per heavy atom. The highest BCUT2D eigenvalue weighted by Gasteiger charge is 2.42. The largest absolute Gasteiger partial charge is 0.490 e. The fourth-order valence-corrected chi connectivity index (χ4v) is 4.43. The third-order valence-electron chi connectivity index (χ3n) is 7.29. The molecule has 1 aromatic carbocycles. The number of ether oxygens (including phenoxy) is 3. The summed E-state index contributed by atoms with van der Waals surface area (Å²) < 4.78 is 21.7. The molecule has 1 amide bonds. The van der Waals surface area contributed by atoms with Crippen molar-refractivity contribution in [1.82, 2.24) is 9.36 Å². The summed E-state index contributed by atoms with van der Waals surface area (Å²) in [7, 11) is 3.72. The van der Waals surface area contributed by atoms with Crippen LogP contribution in [-0.2, 0) is 34.9 Å². The fraction of sp³-hybridized carbons (Fsp3) is 0.630. The molecule has 2 heterocycles. The molecule has 1 atom stereocenters. The molecule has 2 aromatic rings. The van der Waals surface area contributed by atoms with E-state index in [1.807, 2.05) is 32.0 Å². The summed E-state index contributed by atoms with van der Waals surface area (Å²) in [6, 6.07) is 7.85. The van der Waals surface area contributed by atoms with Crippen LogP contribution in [0, 0.1) is 0 Å². The predicted molar refractivity (Wildman–Crippen MR) is 131 cm³/mol. The Hall–Kier alpha value is -2.38. The zero-order valence-corrected chi connectivity index (χ0v) is 21.5. The minimum atomic E-state index is -0.459. The summed E-state index contributed by atoms with van der Waals surface area (Å²) in [5, 5.41) is 0. The van der Waals surface area contributed by atoms with Crippen molar-refractivity contribution in [3.8, 4) is 5.75 Å². The predicted octanol–water partition coefficient (Wildman–Crippen LogP) is 4.16. The maximum Gasteiger partial charge on any atom is 0.282 e. The fourth-order valence-electron chi connectivity index (χ4n) is 4.43. The molecular weight excluding hydrogens is 430 g/mol. The van der Waals surface area contributed by atoms with Crippen LogP contribution in [0.15, 0.2) is 29.3 Å². The lowest BCUT2D eigenvalue weighted by molar-refractivity contribution is -0.0148. The van der Waals surface area contributed by atoms with E-state index >= 15 is 0 Å². The minimum Gasteiger partial charge on any atom is -0.490 e. The van der Waals surface area contributed by atoms with Crippen molar-refractivity contribution >= 4 is 5.91 Å². The third-order valence-corrected chi connectivity index (χ3v) is 7.29. The Balaban J connectivity index is 1.72. The first-order valence-electron chi connectivity index (χ1n) is 12.4. The zero-order valence-electron chi connectivity index (χ0n) is 21.5. The first-order valence-corrected chi connectivity index (χ1v) is 12.4. The SMILES string of the molecule is CCc1ccc(OCC(C)(C)OC)c(C(=O)/N=c2\cc(C3(C)CC3)n(C)n2C[C@H]2CCCO2)c1. The standard InChI is InChI=1S/C27H39N3O4/c1-7-19-10-11-22(34-18-26(2,3)32-6)21(15-19)25(31)28-24-16-23(27(4)12-13-27)29(5)30(24)17-20-9-8-14-33-20/h10-11,15-16,20H,7-9,12-14,17-18H2,1-6H3/b28-24+/t20-/m1/s1. The molecule has 0 bridgehead atoms. The van der Waals surface area contributed by atoms with Gasteiger partial charge in [-0.1, -0.05) is 19.9 Å². The molecular formula is C27H39N3O4. The lowest BCUT2D eigenvalue weighted by atomic mass is 10.1. The van der Waals surface area contributed by atoms with Crippen molar-refractivity contribution in [2.24, 2.45) is 12.0 Å². The number of benzene rings is 1. The molecule has 186 valence electrons. The van der Waals surface area contributed by atoms with E-state index in [9.17, 15) is 4.79 Å². The van der Waals surface area contributed by atoms with Crippen molar-refractivity contribution in [3.63, 3.8) is 0 Å². The summed E-state index contributed by atoms with van der Waals surface area (Å²) in [5.74, 6) is 0.242. The van der Waals surface area contributed by atoms with Gasteiger partial charge >= 0.3 is 0 Å². The molecule has 0 spiro atoms. The Bertz CT molecular complexity index is 1100. The lowest BCUT2D eigenvalue weighted by Gasteiger charge is -2.23. The average molecular weight is 470 g/mol. The molecule has 1 aromatic heterocycles. The van der Waals surface area contributed by atoms with Gasteiger partial charge in [-0.25, -0.2) is 0 Å². The second-order valence-corrected chi connectivity index (χ2v) is 10.5. The van der Waals surface area contributed by atoms with Crippen LogP contribution in [0.4, 0.5) is 0 Å². The summed E-state index contributed by atoms with van der Waals surface area (Å²) in [6.45, 7) is 10.1. The first-order chi connectivity index (χ1) is 16.2. The summed E-state index contributed by atoms with van der Waals surface area (Å²) >= 11 is 0. The van der Waals surface area contributed by atoms with Gasteiger partial charge in [-0.3, -0.25) is 14.2 Å². The molecule has 1 saturated heterocycles. The molecule has 0 N–H and O–H groups in total. The maximum absolute atomic E-state index is 13.5. The number of methoxy groups -OCH3 is 1. The van der Waals surface area contributed by atoms with Gasteiger partial charge in [0.1, 0.15) is 12.4 Å². The number of carbonyl (C=O) groups is 1. The Morgan fingerprint density at radius 2 is 2.06 bits per heavy atom. The first kappa shape index (κ1) is 24.7. The highest BCUT2D eigenvalue weighted by Crippen LogP contribution is 2.47. The van der Waals surface area contributed by atoms with Crippen LogP contribution in [0.2, 0.25) is 0 Å². The van der Waals surface area contributed by atoms with E-state index in [1.54, 1.807) is 7.11 Å². The molecule has 0 unspecified atom stereocenters. The second kappa shape index (κ2) is 9.70. The van der Waals surface area contributed by atoms with Gasteiger partial charge < -0.3 is 14.2 Å². The summed E-state index contributed by atoms with van der Waals surface area (Å²) in [6.07, 6.45) is 5.41. The minimum absolute atomic E-state index is 0.154. The highest BCUT2D eigenvalue weighted by atomic mass is 16.5. The maximum atomic E-state index is 13.5. The second-order valence-electron chi connectivity index (χ2n) is 10.5. The summed E-state index contributed by atoms with van der Waals surface area (Å²) in [4.78, 5) is 18.2. The van der Waals surface area contributed by atoms with E-state index in [4.69, 9.17) is 14.2 Å². The van der Waals surface area contributed by atoms with Gasteiger partial charge in [-0.15, -0.1) is 0 Å². The van der Waals surface area contributed by atoms with Crippen LogP contribution in [-0.4, -0.2) is 47.3 Å². The Morgan fingerprint density at radius 3 is 2.68 bits per heavy atom. The molecule has 7 nitrogen and oxygen atoms in total. The van der Waals surface area contributed by atoms with E-state index in [2.05, 4.69) is 41.3 Å². The van der Waals surface area contributed by atoms with Crippen molar-refractivity contribution in [2.45, 2.75) is 83.5 Å². The monoisotopic (exact) mass is 469 g/mol. The molecule has 4 rings (SSSR count). The van der Waals surface area contributed by atoms with E-state index in [0.717, 1.165) is 44.3 Å². The zero-order chi connectivity index (χ0) is 24.5. The quantitative estimate of drug-likeness (QED) is 0.553. The van der Waals surface area contributed by atoms with Gasteiger partial charge in [0.05, 0.1) is 23.8 Å². The topological polar surface area (TPSA) is 67.0 Å². The number of hydrogen-bond acceptors (Lipinski definition) is 4. The number of rotatable bonds is 9. The van der Waals surface area contributed by atoms with Crippen LogP contribution in [0.1, 0.15) is 75.0 Å². The van der Waals surface area contributed by atoms with Gasteiger partial charge in [-0.2, -0.15) is 4.99 Å². The number of nitrogens with zero attached hydrogens (tertiary/aromatic N) is 3. The van der Waals surface area contributed by atoms with Gasteiger partial charge in [0, 0.05) is 37.9 Å². The van der Waals surface area contributed by atoms with Crippen LogP contribution in [0.3, 0.4) is 0 Å². The lowest BCUT2D eigenvalue weighted by Crippen LogP contribution is -2.31. The van der Waals surface area contributed by atoms with Crippen LogP contribution in [0.5, 0.6) is 5.75 Å². The van der Waals surface area contributed by atoms with E-state index in [0.29, 0.717) is 30.0 Å². The van der Waals surface area contributed by atoms with Crippen LogP contribution < -0.4 is 10.2 Å². The number of hydrogen-bond donors (Lipinski definition) is 0. The highest BCUT2D eigenvalue weighted by molar-refractivity contribution is 5.97. The van der Waals surface area contributed by atoms with E-state index < -0.39 is 5.60 Å². The van der Waals surface area contributed by atoms with Gasteiger partial charge in [-0.05, 0) is 63.6 Å². The molecule has 2 aliphatic rings. The van der Waals surface area contributed by atoms with Gasteiger partial charge in [0.2, 0.25) is 0 Å². The average Bonchev–Trinajstić information content (AvgIpc) is 3.22. The molecule has 1 aliphatic heterocycles. The number of carbonyl (C=O) groups excluding carboxylic acids is 1. The summed E-state index contributed by atoms with van der Waals surface area (Å²) in [5.41, 5.74) is 3.15. The van der Waals surface area contributed by atoms with Crippen molar-refractivity contribution in [3.05, 3.63) is 46.6 Å². The van der Waals surface area contributed by atoms with Crippen molar-refractivity contribution in [2.75, 3.05) is 20.3 Å². The molecule has 0 radical (unpaired) electrons. The van der Waals surface area contributed by atoms with E-state index in [-0.39, 0.29) is 17.4 Å². The van der Waals surface area contributed by atoms with Crippen molar-refractivity contribution < 1.29 is 19.0 Å². The third kappa shape index (κ3) is 5.31. The molecule has 34 heavy (non-hydrogen) atoms. The van der Waals surface area contributed by atoms with E-state index in [1.165, 1.54) is 5.69 Å². The Kier molecular flexibility index (Phi) is 7.06. The molecule has 1 aliphatic carbocycles. The molecule has 7 heteroatoms. The van der Waals surface area contributed by atoms with Gasteiger partial charge in [0.15, 0.2) is 5.49 Å². The van der Waals surface area contributed by atoms with Crippen LogP contribution >= 0.6 is 0 Å². The number of aryl methyl sites for hydroxylation is 1. The number of aromatic nitrogens is 2. The van der Waals surface area contributed by atoms with Crippen LogP contribution in [0.25, 0.3) is 0 Å². The molecule has 1 saturated carbocycles. The normalized spacial score (nSPS) is 20.1. The smallest absolute Gasteiger partial charge is 0.282 e. The Labute approximate surface area is 202 Å². The van der Waals surface area contributed by atoms with Gasteiger partial charge in [0.25, 0.3) is 5.91 Å².